The van der Waals surface area contributed by atoms with E-state index in [1.54, 1.807) is 22.7 Å². The molecule has 226 valence electrons. The van der Waals surface area contributed by atoms with Gasteiger partial charge >= 0.3 is 0 Å². The highest BCUT2D eigenvalue weighted by Crippen LogP contribution is 2.33. The Bertz CT molecular complexity index is 2520. The van der Waals surface area contributed by atoms with E-state index in [1.807, 2.05) is 0 Å². The molecular formula is C43H32N2S2. The van der Waals surface area contributed by atoms with E-state index in [2.05, 4.69) is 160 Å². The largest absolute Gasteiger partial charge is 0.236 e. The van der Waals surface area contributed by atoms with Crippen molar-refractivity contribution in [3.8, 4) is 21.1 Å². The first-order valence-corrected chi connectivity index (χ1v) is 17.5. The Morgan fingerprint density at radius 3 is 1.49 bits per heavy atom. The van der Waals surface area contributed by atoms with Crippen LogP contribution in [0.25, 0.3) is 52.7 Å². The highest BCUT2D eigenvalue weighted by atomic mass is 32.1. The maximum absolute atomic E-state index is 4.93. The summed E-state index contributed by atoms with van der Waals surface area (Å²) >= 11 is 3.50. The van der Waals surface area contributed by atoms with Crippen LogP contribution >= 0.6 is 22.7 Å². The van der Waals surface area contributed by atoms with Gasteiger partial charge in [0.15, 0.2) is 0 Å². The number of benzene rings is 6. The summed E-state index contributed by atoms with van der Waals surface area (Å²) in [6.07, 6.45) is 0. The second kappa shape index (κ2) is 12.2. The Kier molecular flexibility index (Phi) is 7.60. The normalized spacial score (nSPS) is 12.8. The van der Waals surface area contributed by atoms with E-state index in [1.165, 1.54) is 58.8 Å². The van der Waals surface area contributed by atoms with Crippen LogP contribution in [0.3, 0.4) is 0 Å². The van der Waals surface area contributed by atoms with Crippen molar-refractivity contribution in [1.29, 1.82) is 0 Å². The van der Waals surface area contributed by atoms with Gasteiger partial charge in [-0.2, -0.15) is 0 Å². The zero-order chi connectivity index (χ0) is 31.9. The number of aryl methyl sites for hydroxylation is 2. The minimum absolute atomic E-state index is 1.05. The lowest BCUT2D eigenvalue weighted by Gasteiger charge is -2.12. The number of hydrogen-bond donors (Lipinski definition) is 0. The molecular weight excluding hydrogens is 609 g/mol. The average Bonchev–Trinajstić information content (AvgIpc) is 3.73. The van der Waals surface area contributed by atoms with Gasteiger partial charge in [-0.15, -0.1) is 22.7 Å². The van der Waals surface area contributed by atoms with Gasteiger partial charge in [0.05, 0.1) is 20.4 Å². The summed E-state index contributed by atoms with van der Waals surface area (Å²) in [5.74, 6) is 0. The summed E-state index contributed by atoms with van der Waals surface area (Å²) in [6.45, 7) is 6.49. The lowest BCUT2D eigenvalue weighted by molar-refractivity contribution is 1.40. The van der Waals surface area contributed by atoms with Crippen molar-refractivity contribution in [3.63, 3.8) is 0 Å². The van der Waals surface area contributed by atoms with E-state index in [0.717, 1.165) is 32.2 Å². The molecule has 6 aromatic carbocycles. The molecule has 2 heterocycles. The van der Waals surface area contributed by atoms with Crippen LogP contribution in [0.5, 0.6) is 0 Å². The smallest absolute Gasteiger partial charge is 0.124 e. The van der Waals surface area contributed by atoms with Crippen molar-refractivity contribution in [2.45, 2.75) is 20.8 Å². The number of nitrogens with zero attached hydrogens (tertiary/aromatic N) is 2. The second-order valence-electron chi connectivity index (χ2n) is 12.0. The molecule has 47 heavy (non-hydrogen) atoms. The molecule has 0 fully saturated rings. The van der Waals surface area contributed by atoms with E-state index in [9.17, 15) is 0 Å². The van der Waals surface area contributed by atoms with Crippen LogP contribution < -0.4 is 10.4 Å². The number of fused-ring (bicyclic) bond motifs is 2. The molecule has 0 saturated carbocycles. The van der Waals surface area contributed by atoms with Crippen LogP contribution in [0.4, 0.5) is 0 Å². The highest BCUT2D eigenvalue weighted by Gasteiger charge is 2.12. The third-order valence-corrected chi connectivity index (χ3v) is 10.9. The van der Waals surface area contributed by atoms with Gasteiger partial charge in [0.1, 0.15) is 10.0 Å². The Morgan fingerprint density at radius 1 is 0.468 bits per heavy atom. The van der Waals surface area contributed by atoms with E-state index in [0.29, 0.717) is 0 Å². The molecule has 4 heteroatoms. The first-order chi connectivity index (χ1) is 23.0. The molecule has 0 unspecified atom stereocenters. The summed E-state index contributed by atoms with van der Waals surface area (Å²) in [5.41, 5.74) is 12.9. The third kappa shape index (κ3) is 5.71. The summed E-state index contributed by atoms with van der Waals surface area (Å²) in [4.78, 5) is 9.84. The summed E-state index contributed by atoms with van der Waals surface area (Å²) in [7, 11) is 0. The highest BCUT2D eigenvalue weighted by molar-refractivity contribution is 7.22. The topological polar surface area (TPSA) is 25.8 Å². The summed E-state index contributed by atoms with van der Waals surface area (Å²) in [6, 6.07) is 50.2. The van der Waals surface area contributed by atoms with Gasteiger partial charge in [0, 0.05) is 11.1 Å². The Balaban J connectivity index is 1.24. The van der Waals surface area contributed by atoms with Gasteiger partial charge in [-0.1, -0.05) is 115 Å². The second-order valence-corrected chi connectivity index (χ2v) is 14.1. The molecule has 0 atom stereocenters. The zero-order valence-electron chi connectivity index (χ0n) is 26.5. The van der Waals surface area contributed by atoms with Crippen molar-refractivity contribution in [1.82, 2.24) is 9.97 Å². The molecule has 0 spiro atoms. The zero-order valence-corrected chi connectivity index (χ0v) is 28.1. The van der Waals surface area contributed by atoms with Gasteiger partial charge in [-0.25, -0.2) is 9.97 Å². The lowest BCUT2D eigenvalue weighted by atomic mass is 9.92. The summed E-state index contributed by atoms with van der Waals surface area (Å²) < 4.78 is 2.46. The fourth-order valence-electron chi connectivity index (χ4n) is 6.22. The first kappa shape index (κ1) is 29.3. The summed E-state index contributed by atoms with van der Waals surface area (Å²) in [5, 5.41) is 4.54. The van der Waals surface area contributed by atoms with Crippen molar-refractivity contribution >= 4 is 54.3 Å². The Labute approximate surface area is 282 Å². The van der Waals surface area contributed by atoms with E-state index < -0.39 is 0 Å². The van der Waals surface area contributed by atoms with Crippen molar-refractivity contribution in [3.05, 3.63) is 178 Å². The minimum Gasteiger partial charge on any atom is -0.236 e. The molecule has 0 saturated heterocycles. The van der Waals surface area contributed by atoms with Crippen LogP contribution in [-0.4, -0.2) is 9.97 Å². The molecule has 0 amide bonds. The Morgan fingerprint density at radius 2 is 0.936 bits per heavy atom. The van der Waals surface area contributed by atoms with Crippen LogP contribution in [0.1, 0.15) is 34.7 Å². The van der Waals surface area contributed by atoms with Crippen molar-refractivity contribution < 1.29 is 0 Å². The van der Waals surface area contributed by atoms with Gasteiger partial charge in [-0.05, 0) is 94.4 Å². The molecule has 8 rings (SSSR count). The number of rotatable bonds is 5. The van der Waals surface area contributed by atoms with Crippen LogP contribution in [0.15, 0.2) is 140 Å². The fraction of sp³-hybridized carbons (Fsp3) is 0.0698. The third-order valence-electron chi connectivity index (χ3n) is 8.74. The lowest BCUT2D eigenvalue weighted by Crippen LogP contribution is -2.29. The maximum atomic E-state index is 4.93. The van der Waals surface area contributed by atoms with Gasteiger partial charge < -0.3 is 0 Å². The predicted molar refractivity (Wildman–Crippen MR) is 202 cm³/mol. The fourth-order valence-corrected chi connectivity index (χ4v) is 8.36. The minimum atomic E-state index is 1.05. The molecule has 2 aromatic heterocycles. The quantitative estimate of drug-likeness (QED) is 0.187. The van der Waals surface area contributed by atoms with Crippen LogP contribution in [0.2, 0.25) is 0 Å². The van der Waals surface area contributed by atoms with Crippen LogP contribution in [0, 0.1) is 13.8 Å². The average molecular weight is 641 g/mol. The van der Waals surface area contributed by atoms with Crippen molar-refractivity contribution in [2.75, 3.05) is 0 Å². The molecule has 0 radical (unpaired) electrons. The van der Waals surface area contributed by atoms with E-state index in [4.69, 9.17) is 9.97 Å². The van der Waals surface area contributed by atoms with E-state index in [-0.39, 0.29) is 0 Å². The number of thiazole rings is 2. The molecule has 0 aliphatic carbocycles. The molecule has 2 nitrogen and oxygen atoms in total. The molecule has 8 aromatic rings. The molecule has 0 aliphatic rings. The monoisotopic (exact) mass is 640 g/mol. The van der Waals surface area contributed by atoms with E-state index >= 15 is 0 Å². The van der Waals surface area contributed by atoms with Gasteiger partial charge in [-0.3, -0.25) is 0 Å². The first-order valence-electron chi connectivity index (χ1n) is 15.8. The Hall–Kier alpha value is -5.16. The SMILES string of the molecule is C/C(c1ccc(-c2nc3ccc(C)cc3s2)cc1)=c1/cccc/c1=C(/c1ccccc1)c1ccc(-c2nc3ccc(C)cc3s2)cc1. The van der Waals surface area contributed by atoms with Gasteiger partial charge in [0.2, 0.25) is 0 Å². The molecule has 0 N–H and O–H groups in total. The van der Waals surface area contributed by atoms with Gasteiger partial charge in [0.25, 0.3) is 0 Å². The van der Waals surface area contributed by atoms with Crippen LogP contribution in [-0.2, 0) is 0 Å². The van der Waals surface area contributed by atoms with Crippen molar-refractivity contribution in [2.24, 2.45) is 0 Å². The maximum Gasteiger partial charge on any atom is 0.124 e. The number of aromatic nitrogens is 2. The number of hydrogen-bond acceptors (Lipinski definition) is 4. The molecule has 0 bridgehead atoms. The molecule has 0 aliphatic heterocycles. The standard InChI is InChI=1S/C43H32N2S2/c1-27-13-23-37-39(25-27)46-42(44-37)33-19-15-30(16-20-33)29(3)35-11-7-8-12-36(35)41(31-9-5-4-6-10-31)32-17-21-34(22-18-32)43-45-38-24-14-28(2)26-40(38)47-43/h4-26H,1-3H3/b35-29+,41-36+. The predicted octanol–water partition coefficient (Wildman–Crippen LogP) is 10.3.